The quantitative estimate of drug-likeness (QED) is 0.873. The van der Waals surface area contributed by atoms with Gasteiger partial charge in [-0.05, 0) is 25.5 Å². The summed E-state index contributed by atoms with van der Waals surface area (Å²) in [7, 11) is 0. The van der Waals surface area contributed by atoms with Crippen molar-refractivity contribution in [2.75, 3.05) is 13.2 Å². The lowest BCUT2D eigenvalue weighted by atomic mass is 10.1. The van der Waals surface area contributed by atoms with Gasteiger partial charge in [0.15, 0.2) is 0 Å². The molecule has 2 rings (SSSR count). The summed E-state index contributed by atoms with van der Waals surface area (Å²) in [5.41, 5.74) is 0.729. The number of likely N-dealkylation sites (tertiary alicyclic amines) is 1. The number of hydrogen-bond donors (Lipinski definition) is 1. The second kappa shape index (κ2) is 6.12. The van der Waals surface area contributed by atoms with E-state index in [2.05, 4.69) is 4.90 Å². The van der Waals surface area contributed by atoms with Crippen molar-refractivity contribution in [1.29, 1.82) is 0 Å². The van der Waals surface area contributed by atoms with Gasteiger partial charge in [-0.15, -0.1) is 0 Å². The molecule has 17 heavy (non-hydrogen) atoms. The summed E-state index contributed by atoms with van der Waals surface area (Å²) in [5.74, 6) is -0.145. The molecule has 1 heterocycles. The summed E-state index contributed by atoms with van der Waals surface area (Å²) in [6, 6.07) is 7.10. The van der Waals surface area contributed by atoms with Gasteiger partial charge in [-0.2, -0.15) is 0 Å². The number of hydrogen-bond acceptors (Lipinski definition) is 2. The zero-order valence-electron chi connectivity index (χ0n) is 10.1. The molecule has 3 heteroatoms. The molecule has 1 fully saturated rings. The van der Waals surface area contributed by atoms with E-state index in [9.17, 15) is 9.50 Å². The van der Waals surface area contributed by atoms with E-state index in [1.807, 2.05) is 12.1 Å². The van der Waals surface area contributed by atoms with Crippen LogP contribution in [0.15, 0.2) is 24.3 Å². The Bertz CT molecular complexity index is 356. The molecule has 0 spiro atoms. The molecule has 1 aliphatic heterocycles. The van der Waals surface area contributed by atoms with Crippen LogP contribution in [-0.2, 0) is 6.54 Å². The highest BCUT2D eigenvalue weighted by Gasteiger charge is 2.20. The van der Waals surface area contributed by atoms with Crippen LogP contribution in [0.5, 0.6) is 0 Å². The topological polar surface area (TPSA) is 23.5 Å². The molecule has 1 aromatic rings. The average Bonchev–Trinajstić information content (AvgIpc) is 2.57. The molecule has 1 saturated heterocycles. The van der Waals surface area contributed by atoms with Crippen LogP contribution in [-0.4, -0.2) is 29.2 Å². The highest BCUT2D eigenvalue weighted by Crippen LogP contribution is 2.20. The number of nitrogens with zero attached hydrogens (tertiary/aromatic N) is 1. The highest BCUT2D eigenvalue weighted by molar-refractivity contribution is 5.17. The molecule has 1 N–H and O–H groups in total. The van der Waals surface area contributed by atoms with Crippen LogP contribution < -0.4 is 0 Å². The molecular formula is C14H20FNO. The summed E-state index contributed by atoms with van der Waals surface area (Å²) in [6.45, 7) is 1.74. The third kappa shape index (κ3) is 3.27. The fourth-order valence-corrected chi connectivity index (χ4v) is 2.50. The van der Waals surface area contributed by atoms with Crippen molar-refractivity contribution in [1.82, 2.24) is 4.90 Å². The molecule has 0 radical (unpaired) electrons. The number of rotatable bonds is 3. The van der Waals surface area contributed by atoms with Crippen LogP contribution in [0.25, 0.3) is 0 Å². The molecule has 0 bridgehead atoms. The Morgan fingerprint density at radius 2 is 2.06 bits per heavy atom. The van der Waals surface area contributed by atoms with E-state index in [4.69, 9.17) is 0 Å². The highest BCUT2D eigenvalue weighted by atomic mass is 19.1. The van der Waals surface area contributed by atoms with Crippen molar-refractivity contribution in [2.24, 2.45) is 0 Å². The number of benzene rings is 1. The maximum atomic E-state index is 13.6. The molecule has 0 aliphatic carbocycles. The van der Waals surface area contributed by atoms with Crippen molar-refractivity contribution in [3.05, 3.63) is 35.6 Å². The van der Waals surface area contributed by atoms with Crippen molar-refractivity contribution in [3.63, 3.8) is 0 Å². The van der Waals surface area contributed by atoms with Crippen molar-refractivity contribution in [3.8, 4) is 0 Å². The van der Waals surface area contributed by atoms with Crippen LogP contribution in [0.2, 0.25) is 0 Å². The van der Waals surface area contributed by atoms with Crippen LogP contribution in [0.4, 0.5) is 4.39 Å². The molecule has 94 valence electrons. The molecule has 0 saturated carbocycles. The van der Waals surface area contributed by atoms with Gasteiger partial charge in [0.05, 0.1) is 6.61 Å². The molecule has 1 unspecified atom stereocenters. The first-order chi connectivity index (χ1) is 8.31. The lowest BCUT2D eigenvalue weighted by Crippen LogP contribution is -2.37. The smallest absolute Gasteiger partial charge is 0.127 e. The minimum absolute atomic E-state index is 0.145. The number of aliphatic hydroxyl groups is 1. The minimum Gasteiger partial charge on any atom is -0.395 e. The third-order valence-corrected chi connectivity index (χ3v) is 3.54. The molecule has 1 aromatic carbocycles. The maximum absolute atomic E-state index is 13.6. The SMILES string of the molecule is OCC1CCCCCN1Cc1ccccc1F. The van der Waals surface area contributed by atoms with Crippen molar-refractivity contribution < 1.29 is 9.50 Å². The van der Waals surface area contributed by atoms with Gasteiger partial charge in [0.1, 0.15) is 5.82 Å². The zero-order chi connectivity index (χ0) is 12.1. The predicted molar refractivity (Wildman–Crippen MR) is 66.2 cm³/mol. The van der Waals surface area contributed by atoms with E-state index in [1.165, 1.54) is 18.9 Å². The fraction of sp³-hybridized carbons (Fsp3) is 0.571. The summed E-state index contributed by atoms with van der Waals surface area (Å²) >= 11 is 0. The maximum Gasteiger partial charge on any atom is 0.127 e. The third-order valence-electron chi connectivity index (χ3n) is 3.54. The number of aliphatic hydroxyl groups excluding tert-OH is 1. The van der Waals surface area contributed by atoms with Crippen LogP contribution >= 0.6 is 0 Å². The zero-order valence-corrected chi connectivity index (χ0v) is 10.1. The Morgan fingerprint density at radius 3 is 2.82 bits per heavy atom. The Labute approximate surface area is 102 Å². The molecule has 0 aromatic heterocycles. The lowest BCUT2D eigenvalue weighted by molar-refractivity contribution is 0.117. The van der Waals surface area contributed by atoms with Gasteiger partial charge in [0.2, 0.25) is 0 Å². The van der Waals surface area contributed by atoms with E-state index in [0.717, 1.165) is 24.9 Å². The van der Waals surface area contributed by atoms with Gasteiger partial charge in [-0.25, -0.2) is 4.39 Å². The van der Waals surface area contributed by atoms with E-state index in [-0.39, 0.29) is 18.5 Å². The van der Waals surface area contributed by atoms with Gasteiger partial charge in [0, 0.05) is 18.2 Å². The Morgan fingerprint density at radius 1 is 1.24 bits per heavy atom. The molecule has 1 aliphatic rings. The van der Waals surface area contributed by atoms with Gasteiger partial charge in [-0.1, -0.05) is 31.0 Å². The van der Waals surface area contributed by atoms with Gasteiger partial charge in [0.25, 0.3) is 0 Å². The van der Waals surface area contributed by atoms with Crippen molar-refractivity contribution >= 4 is 0 Å². The summed E-state index contributed by atoms with van der Waals surface area (Å²) < 4.78 is 13.6. The molecule has 2 nitrogen and oxygen atoms in total. The first-order valence-electron chi connectivity index (χ1n) is 6.39. The predicted octanol–water partition coefficient (Wildman–Crippen LogP) is 2.56. The van der Waals surface area contributed by atoms with Crippen LogP contribution in [0.3, 0.4) is 0 Å². The molecule has 1 atom stereocenters. The first-order valence-corrected chi connectivity index (χ1v) is 6.39. The standard InChI is InChI=1S/C14H20FNO/c15-14-8-4-3-6-12(14)10-16-9-5-1-2-7-13(16)11-17/h3-4,6,8,13,17H,1-2,5,7,9-11H2. The Balaban J connectivity index is 2.07. The Kier molecular flexibility index (Phi) is 4.51. The second-order valence-corrected chi connectivity index (χ2v) is 4.75. The monoisotopic (exact) mass is 237 g/mol. The van der Waals surface area contributed by atoms with Crippen LogP contribution in [0, 0.1) is 5.82 Å². The van der Waals surface area contributed by atoms with E-state index in [1.54, 1.807) is 6.07 Å². The van der Waals surface area contributed by atoms with Crippen LogP contribution in [0.1, 0.15) is 31.2 Å². The van der Waals surface area contributed by atoms with E-state index >= 15 is 0 Å². The Hall–Kier alpha value is -0.930. The summed E-state index contributed by atoms with van der Waals surface area (Å²) in [4.78, 5) is 2.21. The van der Waals surface area contributed by atoms with Crippen molar-refractivity contribution in [2.45, 2.75) is 38.3 Å². The lowest BCUT2D eigenvalue weighted by Gasteiger charge is -2.28. The van der Waals surface area contributed by atoms with Gasteiger partial charge in [-0.3, -0.25) is 4.90 Å². The van der Waals surface area contributed by atoms with Gasteiger partial charge >= 0.3 is 0 Å². The largest absolute Gasteiger partial charge is 0.395 e. The number of halogens is 1. The molecular weight excluding hydrogens is 217 g/mol. The average molecular weight is 237 g/mol. The second-order valence-electron chi connectivity index (χ2n) is 4.75. The first kappa shape index (κ1) is 12.5. The van der Waals surface area contributed by atoms with Gasteiger partial charge < -0.3 is 5.11 Å². The summed E-state index contributed by atoms with van der Waals surface area (Å²) in [5, 5.41) is 9.40. The molecule has 0 amide bonds. The fourth-order valence-electron chi connectivity index (χ4n) is 2.50. The minimum atomic E-state index is -0.145. The normalized spacial score (nSPS) is 22.4. The summed E-state index contributed by atoms with van der Waals surface area (Å²) in [6.07, 6.45) is 4.54. The van der Waals surface area contributed by atoms with E-state index in [0.29, 0.717) is 6.54 Å². The van der Waals surface area contributed by atoms with E-state index < -0.39 is 0 Å².